The Bertz CT molecular complexity index is 907. The maximum Gasteiger partial charge on any atom is 0.131 e. The predicted molar refractivity (Wildman–Crippen MR) is 107 cm³/mol. The summed E-state index contributed by atoms with van der Waals surface area (Å²) in [7, 11) is 1.84. The van der Waals surface area contributed by atoms with Crippen LogP contribution in [0.3, 0.4) is 0 Å². The summed E-state index contributed by atoms with van der Waals surface area (Å²) in [5.74, 6) is -0.616. The number of hydrogen-bond donors (Lipinski definition) is 3. The van der Waals surface area contributed by atoms with Gasteiger partial charge in [0.25, 0.3) is 0 Å². The highest BCUT2D eigenvalue weighted by Crippen LogP contribution is 2.26. The molecule has 0 saturated heterocycles. The van der Waals surface area contributed by atoms with Crippen molar-refractivity contribution in [3.05, 3.63) is 65.4 Å². The van der Waals surface area contributed by atoms with Gasteiger partial charge >= 0.3 is 0 Å². The fourth-order valence-electron chi connectivity index (χ4n) is 3.26. The van der Waals surface area contributed by atoms with Gasteiger partial charge in [-0.15, -0.1) is 0 Å². The van der Waals surface area contributed by atoms with Crippen LogP contribution in [0.2, 0.25) is 0 Å². The van der Waals surface area contributed by atoms with Crippen LogP contribution in [0, 0.1) is 11.6 Å². The number of nitrogens with two attached hydrogens (primary N) is 1. The Kier molecular flexibility index (Phi) is 6.06. The third kappa shape index (κ3) is 4.37. The minimum Gasteiger partial charge on any atom is -0.391 e. The topological polar surface area (TPSA) is 73.9 Å². The van der Waals surface area contributed by atoms with Crippen molar-refractivity contribution in [2.24, 2.45) is 10.7 Å². The van der Waals surface area contributed by atoms with Crippen molar-refractivity contribution in [2.45, 2.75) is 19.6 Å². The van der Waals surface area contributed by atoms with Crippen molar-refractivity contribution in [2.75, 3.05) is 20.1 Å². The molecular weight excluding hydrogens is 362 g/mol. The molecular formula is C21H24F2N4O. The van der Waals surface area contributed by atoms with Crippen molar-refractivity contribution in [3.8, 4) is 11.1 Å². The van der Waals surface area contributed by atoms with Gasteiger partial charge in [-0.05, 0) is 42.8 Å². The number of hydrogen-bond acceptors (Lipinski definition) is 4. The van der Waals surface area contributed by atoms with E-state index in [1.165, 1.54) is 6.07 Å². The van der Waals surface area contributed by atoms with Crippen molar-refractivity contribution in [1.29, 1.82) is 0 Å². The lowest BCUT2D eigenvalue weighted by Crippen LogP contribution is -2.42. The van der Waals surface area contributed by atoms with Crippen molar-refractivity contribution >= 4 is 11.5 Å². The molecule has 28 heavy (non-hydrogen) atoms. The molecule has 0 spiro atoms. The zero-order chi connectivity index (χ0) is 20.3. The lowest BCUT2D eigenvalue weighted by molar-refractivity contribution is 0.0231. The van der Waals surface area contributed by atoms with E-state index in [9.17, 15) is 13.9 Å². The maximum absolute atomic E-state index is 13.9. The molecule has 0 bridgehead atoms. The molecule has 1 unspecified atom stereocenters. The number of aliphatic hydroxyl groups is 1. The van der Waals surface area contributed by atoms with Gasteiger partial charge in [-0.3, -0.25) is 4.90 Å². The van der Waals surface area contributed by atoms with Gasteiger partial charge in [-0.2, -0.15) is 0 Å². The number of aliphatic imine (C=N–C) groups is 1. The van der Waals surface area contributed by atoms with Crippen molar-refractivity contribution in [1.82, 2.24) is 10.2 Å². The molecule has 148 valence electrons. The minimum atomic E-state index is -0.568. The number of halogens is 2. The largest absolute Gasteiger partial charge is 0.391 e. The summed E-state index contributed by atoms with van der Waals surface area (Å²) in [5, 5.41) is 13.0. The van der Waals surface area contributed by atoms with Gasteiger partial charge < -0.3 is 16.2 Å². The second kappa shape index (κ2) is 8.50. The van der Waals surface area contributed by atoms with Crippen molar-refractivity contribution in [3.63, 3.8) is 0 Å². The van der Waals surface area contributed by atoms with Crippen LogP contribution in [0.25, 0.3) is 11.1 Å². The Labute approximate surface area is 163 Å². The summed E-state index contributed by atoms with van der Waals surface area (Å²) in [5.41, 5.74) is 9.44. The molecule has 5 nitrogen and oxygen atoms in total. The highest BCUT2D eigenvalue weighted by Gasteiger charge is 2.23. The summed E-state index contributed by atoms with van der Waals surface area (Å²) in [6.07, 6.45) is 0.173. The predicted octanol–water partition coefficient (Wildman–Crippen LogP) is 3.14. The number of nitrogens with one attached hydrogen (secondary N) is 1. The Morgan fingerprint density at radius 1 is 1.21 bits per heavy atom. The summed E-state index contributed by atoms with van der Waals surface area (Å²) >= 11 is 0. The Morgan fingerprint density at radius 2 is 1.93 bits per heavy atom. The van der Waals surface area contributed by atoms with Crippen LogP contribution in [0.5, 0.6) is 0 Å². The standard InChI is InChI=1S/C21H24F2N4O/c1-13(28)27-10-9-20(25-2)18(12-27)21(24)26-16-6-3-14(4-7-16)17-11-15(22)5-8-19(17)23/h3-8,11,13,25,28H,9-10,12H2,1-2H3,(H2,24,26). The fraction of sp³-hybridized carbons (Fsp3) is 0.286. The molecule has 0 aromatic heterocycles. The molecule has 3 rings (SSSR count). The van der Waals surface area contributed by atoms with Gasteiger partial charge in [0.15, 0.2) is 0 Å². The smallest absolute Gasteiger partial charge is 0.131 e. The molecule has 2 aromatic rings. The number of aliphatic hydroxyl groups excluding tert-OH is 1. The zero-order valence-electron chi connectivity index (χ0n) is 15.9. The molecule has 0 amide bonds. The van der Waals surface area contributed by atoms with Crippen LogP contribution in [0.1, 0.15) is 13.3 Å². The highest BCUT2D eigenvalue weighted by atomic mass is 19.1. The summed E-state index contributed by atoms with van der Waals surface area (Å²) in [4.78, 5) is 6.38. The van der Waals surface area contributed by atoms with E-state index >= 15 is 0 Å². The number of amidine groups is 1. The first-order valence-electron chi connectivity index (χ1n) is 9.11. The lowest BCUT2D eigenvalue weighted by Gasteiger charge is -2.32. The van der Waals surface area contributed by atoms with E-state index in [-0.39, 0.29) is 5.56 Å². The third-order valence-electron chi connectivity index (χ3n) is 4.87. The van der Waals surface area contributed by atoms with Crippen LogP contribution in [-0.4, -0.2) is 42.2 Å². The minimum absolute atomic E-state index is 0.198. The number of benzene rings is 2. The average molecular weight is 386 g/mol. The monoisotopic (exact) mass is 386 g/mol. The Morgan fingerprint density at radius 3 is 2.57 bits per heavy atom. The molecule has 0 radical (unpaired) electrons. The Balaban J connectivity index is 1.86. The molecule has 0 saturated carbocycles. The molecule has 1 atom stereocenters. The molecule has 1 aliphatic heterocycles. The summed E-state index contributed by atoms with van der Waals surface area (Å²) < 4.78 is 27.4. The molecule has 2 aromatic carbocycles. The first-order valence-corrected chi connectivity index (χ1v) is 9.11. The van der Waals surface area contributed by atoms with Gasteiger partial charge in [-0.1, -0.05) is 12.1 Å². The first kappa shape index (κ1) is 20.0. The van der Waals surface area contributed by atoms with Crippen LogP contribution in [-0.2, 0) is 0 Å². The average Bonchev–Trinajstić information content (AvgIpc) is 2.69. The van der Waals surface area contributed by atoms with Gasteiger partial charge in [-0.25, -0.2) is 13.8 Å². The van der Waals surface area contributed by atoms with E-state index in [1.54, 1.807) is 31.2 Å². The van der Waals surface area contributed by atoms with Gasteiger partial charge in [0.05, 0.1) is 5.69 Å². The zero-order valence-corrected chi connectivity index (χ0v) is 15.9. The molecule has 1 heterocycles. The van der Waals surface area contributed by atoms with E-state index in [2.05, 4.69) is 10.3 Å². The van der Waals surface area contributed by atoms with E-state index in [0.29, 0.717) is 23.6 Å². The fourth-order valence-corrected chi connectivity index (χ4v) is 3.26. The second-order valence-electron chi connectivity index (χ2n) is 6.73. The Hall–Kier alpha value is -2.77. The first-order chi connectivity index (χ1) is 13.4. The van der Waals surface area contributed by atoms with E-state index < -0.39 is 17.9 Å². The van der Waals surface area contributed by atoms with Crippen molar-refractivity contribution < 1.29 is 13.9 Å². The van der Waals surface area contributed by atoms with Crippen LogP contribution in [0.4, 0.5) is 14.5 Å². The summed E-state index contributed by atoms with van der Waals surface area (Å²) in [6.45, 7) is 2.95. The second-order valence-corrected chi connectivity index (χ2v) is 6.73. The molecule has 1 aliphatic rings. The normalized spacial score (nSPS) is 17.0. The molecule has 7 heteroatoms. The van der Waals surface area contributed by atoms with Gasteiger partial charge in [0, 0.05) is 43.4 Å². The van der Waals surface area contributed by atoms with Crippen LogP contribution >= 0.6 is 0 Å². The van der Waals surface area contributed by atoms with Gasteiger partial charge in [0.2, 0.25) is 0 Å². The maximum atomic E-state index is 13.9. The van der Waals surface area contributed by atoms with E-state index in [1.807, 2.05) is 11.9 Å². The summed E-state index contributed by atoms with van der Waals surface area (Å²) in [6, 6.07) is 10.1. The molecule has 0 aliphatic carbocycles. The quantitative estimate of drug-likeness (QED) is 0.545. The number of nitrogens with zero attached hydrogens (tertiary/aromatic N) is 2. The van der Waals surface area contributed by atoms with Crippen LogP contribution < -0.4 is 11.1 Å². The third-order valence-corrected chi connectivity index (χ3v) is 4.87. The highest BCUT2D eigenvalue weighted by molar-refractivity contribution is 5.99. The molecule has 0 fully saturated rings. The van der Waals surface area contributed by atoms with E-state index in [0.717, 1.165) is 36.4 Å². The van der Waals surface area contributed by atoms with Crippen LogP contribution in [0.15, 0.2) is 58.7 Å². The SMILES string of the molecule is CNC1=C(C(N)=Nc2ccc(-c3cc(F)ccc3F)cc2)CN(C(C)O)CC1. The lowest BCUT2D eigenvalue weighted by atomic mass is 10.0. The van der Waals surface area contributed by atoms with Gasteiger partial charge in [0.1, 0.15) is 23.7 Å². The molecule has 4 N–H and O–H groups in total. The van der Waals surface area contributed by atoms with E-state index in [4.69, 9.17) is 5.73 Å². The number of rotatable bonds is 5.